The van der Waals surface area contributed by atoms with Gasteiger partial charge in [-0.3, -0.25) is 0 Å². The molecule has 5 rings (SSSR count). The zero-order chi connectivity index (χ0) is 24.0. The van der Waals surface area contributed by atoms with E-state index in [4.69, 9.17) is 26.7 Å². The maximum atomic E-state index is 13.1. The molecule has 0 amide bonds. The van der Waals surface area contributed by atoms with E-state index in [1.165, 1.54) is 9.87 Å². The van der Waals surface area contributed by atoms with Crippen LogP contribution in [0, 0.1) is 20.8 Å². The van der Waals surface area contributed by atoms with E-state index in [9.17, 15) is 8.42 Å². The number of piperazine rings is 1. The van der Waals surface area contributed by atoms with Crippen molar-refractivity contribution in [2.75, 3.05) is 31.1 Å². The minimum absolute atomic E-state index is 0.251. The van der Waals surface area contributed by atoms with Gasteiger partial charge in [0, 0.05) is 31.2 Å². The minimum atomic E-state index is -3.58. The lowest BCUT2D eigenvalue weighted by Gasteiger charge is -2.35. The maximum absolute atomic E-state index is 13.1. The number of fused-ring (bicyclic) bond motifs is 1. The van der Waals surface area contributed by atoms with Crippen LogP contribution >= 0.6 is 11.6 Å². The molecule has 8 nitrogen and oxygen atoms in total. The molecule has 0 unspecified atom stereocenters. The number of anilines is 1. The summed E-state index contributed by atoms with van der Waals surface area (Å²) in [5.41, 5.74) is 3.70. The third kappa shape index (κ3) is 4.04. The molecule has 0 radical (unpaired) electrons. The first-order valence-electron chi connectivity index (χ1n) is 11.1. The number of sulfonamides is 1. The Labute approximate surface area is 203 Å². The second kappa shape index (κ2) is 8.65. The van der Waals surface area contributed by atoms with Crippen LogP contribution in [0.5, 0.6) is 0 Å². The van der Waals surface area contributed by atoms with Gasteiger partial charge in [-0.1, -0.05) is 29.3 Å². The fourth-order valence-corrected chi connectivity index (χ4v) is 5.81. The Hall–Kier alpha value is -3.01. The summed E-state index contributed by atoms with van der Waals surface area (Å²) in [7, 11) is -3.58. The minimum Gasteiger partial charge on any atom is -0.353 e. The Morgan fingerprint density at radius 1 is 0.853 bits per heavy atom. The van der Waals surface area contributed by atoms with Crippen molar-refractivity contribution in [3.63, 3.8) is 0 Å². The Balaban J connectivity index is 1.45. The van der Waals surface area contributed by atoms with Crippen LogP contribution in [0.3, 0.4) is 0 Å². The first kappa shape index (κ1) is 22.8. The van der Waals surface area contributed by atoms with E-state index in [0.717, 1.165) is 28.2 Å². The van der Waals surface area contributed by atoms with E-state index in [1.807, 2.05) is 49.7 Å². The summed E-state index contributed by atoms with van der Waals surface area (Å²) in [6, 6.07) is 14.4. The van der Waals surface area contributed by atoms with Crippen LogP contribution in [-0.4, -0.2) is 58.7 Å². The smallest absolute Gasteiger partial charge is 0.243 e. The van der Waals surface area contributed by atoms with Crippen molar-refractivity contribution < 1.29 is 8.42 Å². The topological polar surface area (TPSA) is 84.2 Å². The van der Waals surface area contributed by atoms with Crippen molar-refractivity contribution in [1.29, 1.82) is 0 Å². The first-order chi connectivity index (χ1) is 16.2. The molecule has 3 heterocycles. The van der Waals surface area contributed by atoms with Crippen molar-refractivity contribution in [3.8, 4) is 5.69 Å². The van der Waals surface area contributed by atoms with E-state index < -0.39 is 10.0 Å². The Morgan fingerprint density at radius 2 is 1.50 bits per heavy atom. The van der Waals surface area contributed by atoms with E-state index in [-0.39, 0.29) is 4.90 Å². The van der Waals surface area contributed by atoms with Crippen molar-refractivity contribution >= 4 is 38.5 Å². The molecule has 1 aliphatic rings. The largest absolute Gasteiger partial charge is 0.353 e. The van der Waals surface area contributed by atoms with Crippen molar-refractivity contribution in [3.05, 3.63) is 70.6 Å². The van der Waals surface area contributed by atoms with E-state index in [1.54, 1.807) is 24.3 Å². The molecule has 0 N–H and O–H groups in total. The Kier molecular flexibility index (Phi) is 5.79. The van der Waals surface area contributed by atoms with Crippen LogP contribution in [0.15, 0.2) is 53.4 Å². The highest BCUT2D eigenvalue weighted by Crippen LogP contribution is 2.30. The predicted molar refractivity (Wildman–Crippen MR) is 133 cm³/mol. The van der Waals surface area contributed by atoms with Crippen LogP contribution in [0.25, 0.3) is 16.7 Å². The van der Waals surface area contributed by atoms with Crippen molar-refractivity contribution in [2.45, 2.75) is 25.7 Å². The third-order valence-corrected chi connectivity index (χ3v) is 8.23. The molecule has 176 valence electrons. The highest BCUT2D eigenvalue weighted by molar-refractivity contribution is 7.89. The lowest BCUT2D eigenvalue weighted by Crippen LogP contribution is -2.49. The molecule has 0 spiro atoms. The summed E-state index contributed by atoms with van der Waals surface area (Å²) < 4.78 is 29.5. The number of aromatic nitrogens is 4. The summed E-state index contributed by atoms with van der Waals surface area (Å²) in [5, 5.41) is 6.15. The Bertz CT molecular complexity index is 1460. The SMILES string of the molecule is Cc1ccc(-n2nc(C)c3c(N4CCN(S(=O)(=O)c5ccc(Cl)cc5)CC4)nc(C)nc32)cc1. The van der Waals surface area contributed by atoms with Crippen molar-refractivity contribution in [1.82, 2.24) is 24.1 Å². The van der Waals surface area contributed by atoms with Crippen LogP contribution in [0.1, 0.15) is 17.1 Å². The summed E-state index contributed by atoms with van der Waals surface area (Å²) in [6.45, 7) is 7.64. The van der Waals surface area contributed by atoms with Crippen LogP contribution in [0.4, 0.5) is 5.82 Å². The molecule has 2 aromatic heterocycles. The molecule has 4 aromatic rings. The fourth-order valence-electron chi connectivity index (χ4n) is 4.26. The number of aryl methyl sites for hydroxylation is 3. The van der Waals surface area contributed by atoms with Gasteiger partial charge >= 0.3 is 0 Å². The number of hydrogen-bond acceptors (Lipinski definition) is 6. The van der Waals surface area contributed by atoms with Gasteiger partial charge in [-0.05, 0) is 57.2 Å². The zero-order valence-corrected chi connectivity index (χ0v) is 20.8. The van der Waals surface area contributed by atoms with Gasteiger partial charge in [0.15, 0.2) is 5.65 Å². The van der Waals surface area contributed by atoms with Crippen LogP contribution in [-0.2, 0) is 10.0 Å². The van der Waals surface area contributed by atoms with Gasteiger partial charge < -0.3 is 4.90 Å². The molecule has 0 bridgehead atoms. The van der Waals surface area contributed by atoms with Crippen LogP contribution < -0.4 is 4.90 Å². The number of benzene rings is 2. The lowest BCUT2D eigenvalue weighted by molar-refractivity contribution is 0.384. The molecule has 0 saturated carbocycles. The molecule has 0 atom stereocenters. The fraction of sp³-hybridized carbons (Fsp3) is 0.292. The van der Waals surface area contributed by atoms with Gasteiger partial charge in [0.2, 0.25) is 10.0 Å². The standard InChI is InChI=1S/C24H25ClN6O2S/c1-16-4-8-20(9-5-16)31-24-22(17(2)28-31)23(26-18(3)27-24)29-12-14-30(15-13-29)34(32,33)21-10-6-19(25)7-11-21/h4-11H,12-15H2,1-3H3. The van der Waals surface area contributed by atoms with E-state index >= 15 is 0 Å². The summed E-state index contributed by atoms with van der Waals surface area (Å²) in [6.07, 6.45) is 0. The second-order valence-electron chi connectivity index (χ2n) is 8.47. The molecule has 2 aromatic carbocycles. The highest BCUT2D eigenvalue weighted by Gasteiger charge is 2.30. The summed E-state index contributed by atoms with van der Waals surface area (Å²) in [4.78, 5) is 11.8. The maximum Gasteiger partial charge on any atom is 0.243 e. The predicted octanol–water partition coefficient (Wildman–Crippen LogP) is 3.91. The molecule has 0 aliphatic carbocycles. The molecule has 1 aliphatic heterocycles. The van der Waals surface area contributed by atoms with Gasteiger partial charge in [-0.25, -0.2) is 23.1 Å². The normalized spacial score (nSPS) is 15.2. The van der Waals surface area contributed by atoms with Gasteiger partial charge in [-0.2, -0.15) is 9.40 Å². The third-order valence-electron chi connectivity index (χ3n) is 6.06. The zero-order valence-electron chi connectivity index (χ0n) is 19.2. The Morgan fingerprint density at radius 3 is 2.15 bits per heavy atom. The van der Waals surface area contributed by atoms with E-state index in [0.29, 0.717) is 37.0 Å². The highest BCUT2D eigenvalue weighted by atomic mass is 35.5. The average Bonchev–Trinajstić information content (AvgIpc) is 3.15. The second-order valence-corrected chi connectivity index (χ2v) is 10.8. The molecule has 34 heavy (non-hydrogen) atoms. The number of halogens is 1. The van der Waals surface area contributed by atoms with Gasteiger partial charge in [0.1, 0.15) is 11.6 Å². The molecular formula is C24H25ClN6O2S. The quantitative estimate of drug-likeness (QED) is 0.426. The molecule has 10 heteroatoms. The number of nitrogens with zero attached hydrogens (tertiary/aromatic N) is 6. The summed E-state index contributed by atoms with van der Waals surface area (Å²) in [5.74, 6) is 1.44. The number of hydrogen-bond donors (Lipinski definition) is 0. The molecular weight excluding hydrogens is 472 g/mol. The molecule has 1 fully saturated rings. The van der Waals surface area contributed by atoms with E-state index in [2.05, 4.69) is 4.90 Å². The average molecular weight is 497 g/mol. The number of rotatable bonds is 4. The van der Waals surface area contributed by atoms with Crippen LogP contribution in [0.2, 0.25) is 5.02 Å². The summed E-state index contributed by atoms with van der Waals surface area (Å²) >= 11 is 5.92. The lowest BCUT2D eigenvalue weighted by atomic mass is 10.2. The molecule has 1 saturated heterocycles. The van der Waals surface area contributed by atoms with Gasteiger partial charge in [0.25, 0.3) is 0 Å². The first-order valence-corrected chi connectivity index (χ1v) is 12.9. The van der Waals surface area contributed by atoms with Gasteiger partial charge in [-0.15, -0.1) is 0 Å². The monoisotopic (exact) mass is 496 g/mol. The van der Waals surface area contributed by atoms with Crippen molar-refractivity contribution in [2.24, 2.45) is 0 Å². The van der Waals surface area contributed by atoms with Gasteiger partial charge in [0.05, 0.1) is 21.7 Å².